The monoisotopic (exact) mass is 396 g/mol. The molecular formula is C23H29ClN4. The van der Waals surface area contributed by atoms with E-state index in [2.05, 4.69) is 54.6 Å². The van der Waals surface area contributed by atoms with Gasteiger partial charge in [0.25, 0.3) is 0 Å². The van der Waals surface area contributed by atoms with Crippen molar-refractivity contribution in [2.75, 3.05) is 24.5 Å². The maximum atomic E-state index is 6.46. The fraction of sp³-hybridized carbons (Fsp3) is 0.565. The Morgan fingerprint density at radius 1 is 1.18 bits per heavy atom. The normalized spacial score (nSPS) is 26.9. The van der Waals surface area contributed by atoms with Crippen LogP contribution in [0.1, 0.15) is 63.3 Å². The number of hydrogen-bond donors (Lipinski definition) is 0. The molecule has 1 aliphatic carbocycles. The lowest BCUT2D eigenvalue weighted by atomic mass is 9.81. The highest BCUT2D eigenvalue weighted by atomic mass is 35.5. The molecule has 28 heavy (non-hydrogen) atoms. The largest absolute Gasteiger partial charge is 0.325 e. The summed E-state index contributed by atoms with van der Waals surface area (Å²) in [5.41, 5.74) is 5.56. The molecule has 1 saturated heterocycles. The number of halogens is 1. The number of aryl methyl sites for hydroxylation is 1. The summed E-state index contributed by atoms with van der Waals surface area (Å²) in [5, 5.41) is 0.829. The Kier molecular flexibility index (Phi) is 4.05. The SMILES string of the molecule is C[C@@H]1CCc2ncnc(N3C[C@]4(CCN(C(C)(C)C)C4)c4cc(Cl)ccc43)c21. The molecule has 0 saturated carbocycles. The maximum absolute atomic E-state index is 6.46. The van der Waals surface area contributed by atoms with Crippen molar-refractivity contribution in [3.8, 4) is 0 Å². The molecule has 1 aromatic heterocycles. The van der Waals surface area contributed by atoms with E-state index in [1.807, 2.05) is 6.07 Å². The van der Waals surface area contributed by atoms with Crippen molar-refractivity contribution in [2.24, 2.45) is 0 Å². The molecule has 4 nitrogen and oxygen atoms in total. The Hall–Kier alpha value is -1.65. The summed E-state index contributed by atoms with van der Waals surface area (Å²) in [7, 11) is 0. The number of hydrogen-bond acceptors (Lipinski definition) is 4. The average Bonchev–Trinajstić information content (AvgIpc) is 3.33. The van der Waals surface area contributed by atoms with Gasteiger partial charge in [0.05, 0.1) is 0 Å². The Bertz CT molecular complexity index is 935. The van der Waals surface area contributed by atoms with Crippen LogP contribution in [0.15, 0.2) is 24.5 Å². The van der Waals surface area contributed by atoms with Crippen LogP contribution in [-0.2, 0) is 11.8 Å². The zero-order chi connectivity index (χ0) is 19.7. The molecule has 5 heteroatoms. The van der Waals surface area contributed by atoms with Crippen LogP contribution in [0, 0.1) is 0 Å². The van der Waals surface area contributed by atoms with Gasteiger partial charge in [-0.05, 0) is 76.3 Å². The smallest absolute Gasteiger partial charge is 0.140 e. The van der Waals surface area contributed by atoms with Gasteiger partial charge in [-0.25, -0.2) is 9.97 Å². The van der Waals surface area contributed by atoms with Crippen molar-refractivity contribution in [1.82, 2.24) is 14.9 Å². The second-order valence-electron chi connectivity index (χ2n) is 9.87. The number of benzene rings is 1. The minimum atomic E-state index is 0.118. The van der Waals surface area contributed by atoms with Crippen LogP contribution in [-0.4, -0.2) is 40.0 Å². The Labute approximate surface area is 172 Å². The van der Waals surface area contributed by atoms with Gasteiger partial charge in [-0.1, -0.05) is 18.5 Å². The van der Waals surface area contributed by atoms with E-state index in [0.29, 0.717) is 5.92 Å². The minimum Gasteiger partial charge on any atom is -0.325 e. The second kappa shape index (κ2) is 6.17. The molecule has 0 N–H and O–H groups in total. The molecule has 3 heterocycles. The van der Waals surface area contributed by atoms with Crippen molar-refractivity contribution in [2.45, 2.75) is 63.8 Å². The number of rotatable bonds is 1. The number of anilines is 2. The second-order valence-corrected chi connectivity index (χ2v) is 10.3. The summed E-state index contributed by atoms with van der Waals surface area (Å²) in [4.78, 5) is 14.5. The quantitative estimate of drug-likeness (QED) is 0.673. The van der Waals surface area contributed by atoms with Crippen molar-refractivity contribution in [1.29, 1.82) is 0 Å². The van der Waals surface area contributed by atoms with Gasteiger partial charge in [-0.2, -0.15) is 0 Å². The van der Waals surface area contributed by atoms with Gasteiger partial charge < -0.3 is 4.90 Å². The van der Waals surface area contributed by atoms with E-state index in [1.54, 1.807) is 6.33 Å². The molecule has 1 aromatic carbocycles. The molecule has 2 atom stereocenters. The highest BCUT2D eigenvalue weighted by molar-refractivity contribution is 6.30. The van der Waals surface area contributed by atoms with Crippen LogP contribution in [0.4, 0.5) is 11.5 Å². The minimum absolute atomic E-state index is 0.118. The van der Waals surface area contributed by atoms with Crippen LogP contribution in [0.2, 0.25) is 5.02 Å². The fourth-order valence-corrected chi connectivity index (χ4v) is 5.63. The third kappa shape index (κ3) is 2.68. The van der Waals surface area contributed by atoms with E-state index >= 15 is 0 Å². The van der Waals surface area contributed by atoms with Gasteiger partial charge in [0.2, 0.25) is 0 Å². The van der Waals surface area contributed by atoms with Crippen LogP contribution < -0.4 is 4.90 Å². The van der Waals surface area contributed by atoms with Crippen molar-refractivity contribution in [3.05, 3.63) is 46.4 Å². The van der Waals surface area contributed by atoms with Gasteiger partial charge in [0.15, 0.2) is 0 Å². The van der Waals surface area contributed by atoms with E-state index in [1.165, 1.54) is 28.9 Å². The van der Waals surface area contributed by atoms with Crippen LogP contribution >= 0.6 is 11.6 Å². The zero-order valence-electron chi connectivity index (χ0n) is 17.3. The number of aromatic nitrogens is 2. The zero-order valence-corrected chi connectivity index (χ0v) is 18.1. The Morgan fingerprint density at radius 3 is 2.75 bits per heavy atom. The van der Waals surface area contributed by atoms with E-state index in [9.17, 15) is 0 Å². The Morgan fingerprint density at radius 2 is 2.00 bits per heavy atom. The van der Waals surface area contributed by atoms with Crippen molar-refractivity contribution in [3.63, 3.8) is 0 Å². The molecule has 5 rings (SSSR count). The highest BCUT2D eigenvalue weighted by Crippen LogP contribution is 2.52. The summed E-state index contributed by atoms with van der Waals surface area (Å²) in [6, 6.07) is 6.42. The maximum Gasteiger partial charge on any atom is 0.140 e. The van der Waals surface area contributed by atoms with Crippen LogP contribution in [0.3, 0.4) is 0 Å². The molecule has 3 aliphatic rings. The van der Waals surface area contributed by atoms with Gasteiger partial charge in [-0.3, -0.25) is 4.90 Å². The Balaban J connectivity index is 1.62. The third-order valence-corrected chi connectivity index (χ3v) is 7.33. The van der Waals surface area contributed by atoms with Gasteiger partial charge in [-0.15, -0.1) is 0 Å². The summed E-state index contributed by atoms with van der Waals surface area (Å²) in [6.07, 6.45) is 5.15. The van der Waals surface area contributed by atoms with E-state index in [4.69, 9.17) is 16.6 Å². The first-order valence-electron chi connectivity index (χ1n) is 10.4. The van der Waals surface area contributed by atoms with Crippen molar-refractivity contribution >= 4 is 23.1 Å². The summed E-state index contributed by atoms with van der Waals surface area (Å²) < 4.78 is 0. The average molecular weight is 397 g/mol. The molecule has 2 aliphatic heterocycles. The van der Waals surface area contributed by atoms with Gasteiger partial charge in [0.1, 0.15) is 12.1 Å². The third-order valence-electron chi connectivity index (χ3n) is 7.09. The first kappa shape index (κ1) is 18.4. The predicted octanol–water partition coefficient (Wildman–Crippen LogP) is 5.07. The standard InChI is InChI=1S/C23H29ClN4/c1-15-5-7-18-20(15)21(26-14-25-18)28-13-23(9-10-27(12-23)22(2,3)4)17-11-16(24)6-8-19(17)28/h6,8,11,14-15H,5,7,9-10,12-13H2,1-4H3/t15-,23-/m1/s1. The summed E-state index contributed by atoms with van der Waals surface area (Å²) >= 11 is 6.46. The van der Waals surface area contributed by atoms with Crippen LogP contribution in [0.25, 0.3) is 0 Å². The summed E-state index contributed by atoms with van der Waals surface area (Å²) in [5.74, 6) is 1.64. The fourth-order valence-electron chi connectivity index (χ4n) is 5.46. The molecular weight excluding hydrogens is 368 g/mol. The molecule has 2 aromatic rings. The van der Waals surface area contributed by atoms with Gasteiger partial charge in [0, 0.05) is 46.0 Å². The number of fused-ring (bicyclic) bond motifs is 3. The molecule has 0 unspecified atom stereocenters. The molecule has 1 fully saturated rings. The lowest BCUT2D eigenvalue weighted by Crippen LogP contribution is -2.43. The van der Waals surface area contributed by atoms with E-state index in [0.717, 1.165) is 43.3 Å². The highest BCUT2D eigenvalue weighted by Gasteiger charge is 2.50. The molecule has 0 radical (unpaired) electrons. The molecule has 0 amide bonds. The lowest BCUT2D eigenvalue weighted by molar-refractivity contribution is 0.165. The topological polar surface area (TPSA) is 32.3 Å². The van der Waals surface area contributed by atoms with Crippen molar-refractivity contribution < 1.29 is 0 Å². The molecule has 148 valence electrons. The van der Waals surface area contributed by atoms with Crippen LogP contribution in [0.5, 0.6) is 0 Å². The first-order chi connectivity index (χ1) is 13.3. The van der Waals surface area contributed by atoms with E-state index < -0.39 is 0 Å². The molecule has 0 bridgehead atoms. The summed E-state index contributed by atoms with van der Waals surface area (Å²) in [6.45, 7) is 12.4. The molecule has 1 spiro atoms. The predicted molar refractivity (Wildman–Crippen MR) is 115 cm³/mol. The van der Waals surface area contributed by atoms with Gasteiger partial charge >= 0.3 is 0 Å². The lowest BCUT2D eigenvalue weighted by Gasteiger charge is -2.34. The first-order valence-corrected chi connectivity index (χ1v) is 10.8. The van der Waals surface area contributed by atoms with E-state index in [-0.39, 0.29) is 11.0 Å². The number of nitrogens with zero attached hydrogens (tertiary/aromatic N) is 4. The number of likely N-dealkylation sites (tertiary alicyclic amines) is 1.